The highest BCUT2D eigenvalue weighted by Gasteiger charge is 2.36. The molecule has 5 heteroatoms. The fourth-order valence-corrected chi connectivity index (χ4v) is 2.93. The van der Waals surface area contributed by atoms with Gasteiger partial charge in [0.25, 0.3) is 0 Å². The Bertz CT molecular complexity index is 450. The fourth-order valence-electron chi connectivity index (χ4n) is 2.55. The zero-order valence-electron chi connectivity index (χ0n) is 10.6. The van der Waals surface area contributed by atoms with Crippen molar-refractivity contribution in [3.05, 3.63) is 28.5 Å². The van der Waals surface area contributed by atoms with Crippen LogP contribution in [0.2, 0.25) is 0 Å². The van der Waals surface area contributed by atoms with Crippen molar-refractivity contribution in [1.29, 1.82) is 0 Å². The predicted octanol–water partition coefficient (Wildman–Crippen LogP) is 2.24. The Morgan fingerprint density at radius 1 is 1.50 bits per heavy atom. The van der Waals surface area contributed by atoms with E-state index in [9.17, 15) is 4.79 Å². The lowest BCUT2D eigenvalue weighted by atomic mass is 9.90. The topological polar surface area (TPSA) is 59.2 Å². The van der Waals surface area contributed by atoms with Crippen molar-refractivity contribution in [2.45, 2.75) is 44.8 Å². The molecule has 2 unspecified atom stereocenters. The first kappa shape index (κ1) is 13.5. The molecule has 1 saturated heterocycles. The standard InChI is InChI=1S/C13H18BrN3O/c1-8(2)17-12(18)4-3-11(15)13(17)9-5-10(14)7-16-6-9/h5-8,11,13H,3-4,15H2,1-2H3. The summed E-state index contributed by atoms with van der Waals surface area (Å²) < 4.78 is 0.911. The van der Waals surface area contributed by atoms with Crippen molar-refractivity contribution in [1.82, 2.24) is 9.88 Å². The Balaban J connectivity index is 2.39. The van der Waals surface area contributed by atoms with Gasteiger partial charge in [-0.05, 0) is 47.8 Å². The number of aromatic nitrogens is 1. The van der Waals surface area contributed by atoms with Gasteiger partial charge in [-0.3, -0.25) is 9.78 Å². The smallest absolute Gasteiger partial charge is 0.223 e. The molecule has 1 aromatic rings. The molecule has 2 N–H and O–H groups in total. The summed E-state index contributed by atoms with van der Waals surface area (Å²) in [5.74, 6) is 0.177. The number of pyridine rings is 1. The minimum absolute atomic E-state index is 0.0267. The van der Waals surface area contributed by atoms with E-state index in [1.165, 1.54) is 0 Å². The SMILES string of the molecule is CC(C)N1C(=O)CCC(N)C1c1cncc(Br)c1. The Morgan fingerprint density at radius 3 is 2.83 bits per heavy atom. The molecule has 18 heavy (non-hydrogen) atoms. The highest BCUT2D eigenvalue weighted by atomic mass is 79.9. The van der Waals surface area contributed by atoms with E-state index in [2.05, 4.69) is 20.9 Å². The molecular formula is C13H18BrN3O. The number of piperidine rings is 1. The highest BCUT2D eigenvalue weighted by Crippen LogP contribution is 2.33. The highest BCUT2D eigenvalue weighted by molar-refractivity contribution is 9.10. The number of carbonyl (C=O) groups excluding carboxylic acids is 1. The molecule has 0 radical (unpaired) electrons. The van der Waals surface area contributed by atoms with Gasteiger partial charge in [-0.2, -0.15) is 0 Å². The van der Waals surface area contributed by atoms with Gasteiger partial charge >= 0.3 is 0 Å². The molecule has 1 aliphatic rings. The third-order valence-electron chi connectivity index (χ3n) is 3.31. The van der Waals surface area contributed by atoms with Crippen molar-refractivity contribution in [2.75, 3.05) is 0 Å². The quantitative estimate of drug-likeness (QED) is 0.911. The number of carbonyl (C=O) groups is 1. The van der Waals surface area contributed by atoms with Crippen LogP contribution in [0.25, 0.3) is 0 Å². The number of hydrogen-bond acceptors (Lipinski definition) is 3. The summed E-state index contributed by atoms with van der Waals surface area (Å²) in [6.45, 7) is 4.04. The van der Waals surface area contributed by atoms with Crippen molar-refractivity contribution in [3.63, 3.8) is 0 Å². The number of likely N-dealkylation sites (tertiary alicyclic amines) is 1. The van der Waals surface area contributed by atoms with Gasteiger partial charge in [0.15, 0.2) is 0 Å². The van der Waals surface area contributed by atoms with Crippen molar-refractivity contribution in [3.8, 4) is 0 Å². The molecule has 2 atom stereocenters. The second kappa shape index (κ2) is 5.36. The van der Waals surface area contributed by atoms with Gasteiger partial charge in [0.05, 0.1) is 6.04 Å². The number of nitrogens with zero attached hydrogens (tertiary/aromatic N) is 2. The van der Waals surface area contributed by atoms with Crippen LogP contribution in [0.3, 0.4) is 0 Å². The number of halogens is 1. The van der Waals surface area contributed by atoms with E-state index in [4.69, 9.17) is 5.73 Å². The van der Waals surface area contributed by atoms with Crippen LogP contribution in [0.4, 0.5) is 0 Å². The molecule has 0 aromatic carbocycles. The first-order valence-corrected chi connectivity index (χ1v) is 6.97. The minimum atomic E-state index is -0.0729. The number of rotatable bonds is 2. The normalized spacial score (nSPS) is 24.7. The van der Waals surface area contributed by atoms with Gasteiger partial charge in [-0.1, -0.05) is 0 Å². The zero-order chi connectivity index (χ0) is 13.3. The fraction of sp³-hybridized carbons (Fsp3) is 0.538. The summed E-state index contributed by atoms with van der Waals surface area (Å²) in [7, 11) is 0. The van der Waals surface area contributed by atoms with Crippen LogP contribution in [-0.2, 0) is 4.79 Å². The van der Waals surface area contributed by atoms with Gasteiger partial charge in [-0.25, -0.2) is 0 Å². The van der Waals surface area contributed by atoms with Crippen molar-refractivity contribution in [2.24, 2.45) is 5.73 Å². The number of hydrogen-bond donors (Lipinski definition) is 1. The minimum Gasteiger partial charge on any atom is -0.332 e. The lowest BCUT2D eigenvalue weighted by Gasteiger charge is -2.42. The Kier molecular flexibility index (Phi) is 4.02. The Labute approximate surface area is 116 Å². The third-order valence-corrected chi connectivity index (χ3v) is 3.74. The predicted molar refractivity (Wildman–Crippen MR) is 73.9 cm³/mol. The maximum atomic E-state index is 12.1. The molecule has 0 bridgehead atoms. The lowest BCUT2D eigenvalue weighted by molar-refractivity contribution is -0.139. The van der Waals surface area contributed by atoms with E-state index >= 15 is 0 Å². The Hall–Kier alpha value is -0.940. The van der Waals surface area contributed by atoms with Crippen LogP contribution < -0.4 is 5.73 Å². The van der Waals surface area contributed by atoms with Crippen LogP contribution in [0.5, 0.6) is 0 Å². The molecule has 1 aromatic heterocycles. The van der Waals surface area contributed by atoms with E-state index in [1.54, 1.807) is 12.4 Å². The Morgan fingerprint density at radius 2 is 2.22 bits per heavy atom. The molecule has 0 aliphatic carbocycles. The molecule has 2 rings (SSSR count). The molecule has 0 spiro atoms. The second-order valence-electron chi connectivity index (χ2n) is 4.98. The van der Waals surface area contributed by atoms with Gasteiger partial charge < -0.3 is 10.6 Å². The average molecular weight is 312 g/mol. The molecule has 98 valence electrons. The van der Waals surface area contributed by atoms with Crippen molar-refractivity contribution < 1.29 is 4.79 Å². The monoisotopic (exact) mass is 311 g/mol. The van der Waals surface area contributed by atoms with Gasteiger partial charge in [0.2, 0.25) is 5.91 Å². The summed E-state index contributed by atoms with van der Waals surface area (Å²) in [6, 6.07) is 2.04. The average Bonchev–Trinajstić information content (AvgIpc) is 2.31. The maximum Gasteiger partial charge on any atom is 0.223 e. The zero-order valence-corrected chi connectivity index (χ0v) is 12.2. The molecule has 0 saturated carbocycles. The number of amides is 1. The van der Waals surface area contributed by atoms with Gasteiger partial charge in [0, 0.05) is 35.4 Å². The third kappa shape index (κ3) is 2.57. The maximum absolute atomic E-state index is 12.1. The van der Waals surface area contributed by atoms with E-state index in [-0.39, 0.29) is 24.0 Å². The van der Waals surface area contributed by atoms with Crippen LogP contribution in [0.15, 0.2) is 22.9 Å². The van der Waals surface area contributed by atoms with E-state index < -0.39 is 0 Å². The van der Waals surface area contributed by atoms with Crippen LogP contribution >= 0.6 is 15.9 Å². The molecule has 4 nitrogen and oxygen atoms in total. The lowest BCUT2D eigenvalue weighted by Crippen LogP contribution is -2.51. The molecule has 2 heterocycles. The van der Waals surface area contributed by atoms with Gasteiger partial charge in [0.1, 0.15) is 0 Å². The van der Waals surface area contributed by atoms with E-state index in [0.29, 0.717) is 6.42 Å². The molecule has 1 fully saturated rings. The van der Waals surface area contributed by atoms with Crippen LogP contribution in [-0.4, -0.2) is 27.9 Å². The van der Waals surface area contributed by atoms with Crippen molar-refractivity contribution >= 4 is 21.8 Å². The molecular weight excluding hydrogens is 294 g/mol. The molecule has 1 aliphatic heterocycles. The first-order chi connectivity index (χ1) is 8.50. The van der Waals surface area contributed by atoms with E-state index in [0.717, 1.165) is 16.5 Å². The summed E-state index contributed by atoms with van der Waals surface area (Å²) in [6.07, 6.45) is 4.80. The van der Waals surface area contributed by atoms with E-state index in [1.807, 2.05) is 24.8 Å². The molecule has 1 amide bonds. The largest absolute Gasteiger partial charge is 0.332 e. The summed E-state index contributed by atoms with van der Waals surface area (Å²) in [5.41, 5.74) is 7.21. The van der Waals surface area contributed by atoms with Gasteiger partial charge in [-0.15, -0.1) is 0 Å². The summed E-state index contributed by atoms with van der Waals surface area (Å²) in [4.78, 5) is 18.1. The first-order valence-electron chi connectivity index (χ1n) is 6.18. The number of nitrogens with two attached hydrogens (primary N) is 1. The second-order valence-corrected chi connectivity index (χ2v) is 5.89. The van der Waals surface area contributed by atoms with Crippen LogP contribution in [0.1, 0.15) is 38.3 Å². The summed E-state index contributed by atoms with van der Waals surface area (Å²) in [5, 5.41) is 0. The van der Waals surface area contributed by atoms with Crippen LogP contribution in [0, 0.1) is 0 Å². The summed E-state index contributed by atoms with van der Waals surface area (Å²) >= 11 is 3.41.